The largest absolute Gasteiger partial charge is 0.421 e. The van der Waals surface area contributed by atoms with Crippen molar-refractivity contribution < 1.29 is 4.42 Å². The number of rotatable bonds is 3. The van der Waals surface area contributed by atoms with Gasteiger partial charge in [0.1, 0.15) is 5.65 Å². The number of hydrogen-bond donors (Lipinski definition) is 3. The van der Waals surface area contributed by atoms with E-state index in [-0.39, 0.29) is 0 Å². The Morgan fingerprint density at radius 2 is 2.24 bits per heavy atom. The zero-order valence-electron chi connectivity index (χ0n) is 11.6. The topological polar surface area (TPSA) is 106 Å². The smallest absolute Gasteiger partial charge is 0.251 e. The Morgan fingerprint density at radius 3 is 2.95 bits per heavy atom. The van der Waals surface area contributed by atoms with Crippen LogP contribution in [-0.4, -0.2) is 32.2 Å². The monoisotopic (exact) mass is 284 g/mol. The highest BCUT2D eigenvalue weighted by Gasteiger charge is 2.27. The fourth-order valence-electron chi connectivity index (χ4n) is 2.71. The molecule has 4 rings (SSSR count). The van der Waals surface area contributed by atoms with Crippen LogP contribution in [0.4, 0.5) is 5.69 Å². The van der Waals surface area contributed by atoms with Gasteiger partial charge in [0.2, 0.25) is 5.89 Å². The predicted molar refractivity (Wildman–Crippen MR) is 78.7 cm³/mol. The van der Waals surface area contributed by atoms with E-state index in [0.717, 1.165) is 35.1 Å². The van der Waals surface area contributed by atoms with Gasteiger partial charge in [-0.1, -0.05) is 0 Å². The number of H-pyrrole nitrogens is 1. The average Bonchev–Trinajstić information content (AvgIpc) is 3.05. The fourth-order valence-corrected chi connectivity index (χ4v) is 2.71. The van der Waals surface area contributed by atoms with E-state index in [4.69, 9.17) is 10.2 Å². The number of hydrogen-bond acceptors (Lipinski definition) is 6. The van der Waals surface area contributed by atoms with Crippen molar-refractivity contribution in [2.45, 2.75) is 31.8 Å². The summed E-state index contributed by atoms with van der Waals surface area (Å²) in [6, 6.07) is 2.67. The third kappa shape index (κ3) is 2.06. The van der Waals surface area contributed by atoms with E-state index in [1.165, 1.54) is 0 Å². The van der Waals surface area contributed by atoms with E-state index in [1.54, 1.807) is 13.1 Å². The van der Waals surface area contributed by atoms with Gasteiger partial charge in [-0.3, -0.25) is 0 Å². The molecule has 3 heterocycles. The second-order valence-corrected chi connectivity index (χ2v) is 5.49. The van der Waals surface area contributed by atoms with Crippen LogP contribution < -0.4 is 11.1 Å². The molecule has 1 saturated carbocycles. The maximum atomic E-state index is 5.87. The molecule has 0 spiro atoms. The number of nitrogens with two attached hydrogens (primary N) is 1. The van der Waals surface area contributed by atoms with Crippen molar-refractivity contribution >= 4 is 16.7 Å². The van der Waals surface area contributed by atoms with E-state index < -0.39 is 0 Å². The molecule has 0 aliphatic heterocycles. The summed E-state index contributed by atoms with van der Waals surface area (Å²) in [5, 5.41) is 12.6. The first kappa shape index (κ1) is 12.3. The summed E-state index contributed by atoms with van der Waals surface area (Å²) < 4.78 is 5.55. The second kappa shape index (κ2) is 4.56. The molecule has 0 aromatic carbocycles. The van der Waals surface area contributed by atoms with Gasteiger partial charge in [-0.15, -0.1) is 10.2 Å². The van der Waals surface area contributed by atoms with Crippen molar-refractivity contribution in [3.05, 3.63) is 24.4 Å². The summed E-state index contributed by atoms with van der Waals surface area (Å²) in [6.07, 6.45) is 5.57. The summed E-state index contributed by atoms with van der Waals surface area (Å²) in [4.78, 5) is 7.52. The van der Waals surface area contributed by atoms with Crippen molar-refractivity contribution in [2.24, 2.45) is 5.73 Å². The van der Waals surface area contributed by atoms with Gasteiger partial charge in [-0.25, -0.2) is 4.98 Å². The zero-order valence-corrected chi connectivity index (χ0v) is 11.6. The molecule has 1 fully saturated rings. The summed E-state index contributed by atoms with van der Waals surface area (Å²) in [5.74, 6) is 1.02. The first-order chi connectivity index (χ1) is 10.2. The maximum absolute atomic E-state index is 5.87. The number of aryl methyl sites for hydroxylation is 1. The normalized spacial score (nSPS) is 21.4. The lowest BCUT2D eigenvalue weighted by Gasteiger charge is -2.34. The van der Waals surface area contributed by atoms with Crippen molar-refractivity contribution in [3.63, 3.8) is 0 Å². The molecule has 3 aromatic rings. The third-order valence-electron chi connectivity index (χ3n) is 3.87. The Bertz CT molecular complexity index is 786. The molecule has 1 aliphatic carbocycles. The van der Waals surface area contributed by atoms with Crippen molar-refractivity contribution in [3.8, 4) is 11.5 Å². The Morgan fingerprint density at radius 1 is 1.38 bits per heavy atom. The van der Waals surface area contributed by atoms with Crippen LogP contribution in [0.3, 0.4) is 0 Å². The zero-order chi connectivity index (χ0) is 14.4. The molecule has 0 amide bonds. The highest BCUT2D eigenvalue weighted by Crippen LogP contribution is 2.35. The number of aromatic nitrogens is 4. The van der Waals surface area contributed by atoms with E-state index in [0.29, 0.717) is 23.9 Å². The van der Waals surface area contributed by atoms with Crippen molar-refractivity contribution in [2.75, 3.05) is 5.32 Å². The average molecular weight is 284 g/mol. The minimum atomic E-state index is 0.292. The highest BCUT2D eigenvalue weighted by atomic mass is 16.4. The fraction of sp³-hybridized carbons (Fsp3) is 0.357. The van der Waals surface area contributed by atoms with Crippen LogP contribution in [0.15, 0.2) is 22.9 Å². The molecular weight excluding hydrogens is 268 g/mol. The van der Waals surface area contributed by atoms with Crippen LogP contribution in [0.5, 0.6) is 0 Å². The van der Waals surface area contributed by atoms with Crippen LogP contribution in [0.25, 0.3) is 22.5 Å². The molecule has 7 nitrogen and oxygen atoms in total. The van der Waals surface area contributed by atoms with Gasteiger partial charge in [-0.2, -0.15) is 0 Å². The molecule has 0 atom stereocenters. The molecule has 0 unspecified atom stereocenters. The van der Waals surface area contributed by atoms with Crippen LogP contribution in [0.2, 0.25) is 0 Å². The number of anilines is 1. The van der Waals surface area contributed by atoms with Crippen LogP contribution in [0, 0.1) is 6.92 Å². The van der Waals surface area contributed by atoms with Crippen molar-refractivity contribution in [1.82, 2.24) is 20.2 Å². The predicted octanol–water partition coefficient (Wildman–Crippen LogP) is 1.82. The van der Waals surface area contributed by atoms with Gasteiger partial charge >= 0.3 is 0 Å². The number of aromatic amines is 1. The maximum Gasteiger partial charge on any atom is 0.251 e. The van der Waals surface area contributed by atoms with E-state index >= 15 is 0 Å². The van der Waals surface area contributed by atoms with Crippen LogP contribution in [0.1, 0.15) is 18.7 Å². The van der Waals surface area contributed by atoms with Crippen molar-refractivity contribution in [1.29, 1.82) is 0 Å². The number of pyridine rings is 1. The SMILES string of the molecule is Cc1nnc(-c2cnc3[nH]ccc3c2NC2CC(N)C2)o1. The van der Waals surface area contributed by atoms with E-state index in [9.17, 15) is 0 Å². The van der Waals surface area contributed by atoms with Gasteiger partial charge in [0.05, 0.1) is 11.3 Å². The molecular formula is C14H16N6O. The first-order valence-corrected chi connectivity index (χ1v) is 6.99. The Labute approximate surface area is 121 Å². The molecule has 4 N–H and O–H groups in total. The van der Waals surface area contributed by atoms with E-state index in [2.05, 4.69) is 25.5 Å². The lowest BCUT2D eigenvalue weighted by Crippen LogP contribution is -2.44. The summed E-state index contributed by atoms with van der Waals surface area (Å²) in [5.41, 5.74) is 8.50. The number of nitrogens with one attached hydrogen (secondary N) is 2. The Kier molecular flexibility index (Phi) is 2.68. The summed E-state index contributed by atoms with van der Waals surface area (Å²) in [6.45, 7) is 1.77. The van der Waals surface area contributed by atoms with Gasteiger partial charge in [0.25, 0.3) is 5.89 Å². The second-order valence-electron chi connectivity index (χ2n) is 5.49. The van der Waals surface area contributed by atoms with Gasteiger partial charge in [-0.05, 0) is 18.9 Å². The Hall–Kier alpha value is -2.41. The molecule has 0 radical (unpaired) electrons. The van der Waals surface area contributed by atoms with Gasteiger partial charge < -0.3 is 20.5 Å². The lowest BCUT2D eigenvalue weighted by atomic mass is 9.87. The molecule has 7 heteroatoms. The minimum absolute atomic E-state index is 0.292. The van der Waals surface area contributed by atoms with E-state index in [1.807, 2.05) is 12.3 Å². The summed E-state index contributed by atoms with van der Waals surface area (Å²) in [7, 11) is 0. The molecule has 21 heavy (non-hydrogen) atoms. The lowest BCUT2D eigenvalue weighted by molar-refractivity contribution is 0.374. The van der Waals surface area contributed by atoms with Gasteiger partial charge in [0, 0.05) is 36.8 Å². The number of nitrogens with zero attached hydrogens (tertiary/aromatic N) is 3. The first-order valence-electron chi connectivity index (χ1n) is 6.99. The third-order valence-corrected chi connectivity index (χ3v) is 3.87. The quantitative estimate of drug-likeness (QED) is 0.677. The highest BCUT2D eigenvalue weighted by molar-refractivity contribution is 5.97. The minimum Gasteiger partial charge on any atom is -0.421 e. The standard InChI is InChI=1S/C14H16N6O/c1-7-19-20-14(21-7)11-6-17-13-10(2-3-16-13)12(11)18-9-4-8(15)5-9/h2-3,6,8-9H,4-5,15H2,1H3,(H2,16,17,18). The molecule has 0 bridgehead atoms. The van der Waals surface area contributed by atoms with Crippen LogP contribution in [-0.2, 0) is 0 Å². The number of fused-ring (bicyclic) bond motifs is 1. The molecule has 108 valence electrons. The Balaban J connectivity index is 1.81. The van der Waals surface area contributed by atoms with Gasteiger partial charge in [0.15, 0.2) is 0 Å². The molecule has 1 aliphatic rings. The van der Waals surface area contributed by atoms with Crippen LogP contribution >= 0.6 is 0 Å². The summed E-state index contributed by atoms with van der Waals surface area (Å²) >= 11 is 0. The molecule has 0 saturated heterocycles. The molecule has 3 aromatic heterocycles.